The molecule has 0 saturated carbocycles. The van der Waals surface area contributed by atoms with Gasteiger partial charge in [-0.2, -0.15) is 0 Å². The van der Waals surface area contributed by atoms with Gasteiger partial charge in [-0.3, -0.25) is 4.79 Å². The van der Waals surface area contributed by atoms with Crippen LogP contribution < -0.4 is 11.1 Å². The van der Waals surface area contributed by atoms with E-state index in [2.05, 4.69) is 19.2 Å². The lowest BCUT2D eigenvalue weighted by Crippen LogP contribution is -2.34. The van der Waals surface area contributed by atoms with Crippen molar-refractivity contribution in [3.05, 3.63) is 0 Å². The van der Waals surface area contributed by atoms with E-state index < -0.39 is 0 Å². The Morgan fingerprint density at radius 2 is 2.00 bits per heavy atom. The van der Waals surface area contributed by atoms with Gasteiger partial charge in [0.05, 0.1) is 6.54 Å². The van der Waals surface area contributed by atoms with Crippen LogP contribution in [0, 0.1) is 5.92 Å². The van der Waals surface area contributed by atoms with Crippen molar-refractivity contribution in [1.29, 1.82) is 0 Å². The number of carbonyl (C=O) groups excluding carboxylic acids is 1. The summed E-state index contributed by atoms with van der Waals surface area (Å²) < 4.78 is 0. The lowest BCUT2D eigenvalue weighted by atomic mass is 9.97. The minimum Gasteiger partial charge on any atom is -0.355 e. The molecule has 0 saturated heterocycles. The Balaban J connectivity index is 3.66. The minimum atomic E-state index is -0.0393. The molecular formula is C11H24N2O. The van der Waals surface area contributed by atoms with E-state index in [4.69, 9.17) is 5.73 Å². The molecule has 1 amide bonds. The summed E-state index contributed by atoms with van der Waals surface area (Å²) in [5, 5.41) is 2.86. The zero-order valence-corrected chi connectivity index (χ0v) is 9.51. The quantitative estimate of drug-likeness (QED) is 0.626. The highest BCUT2D eigenvalue weighted by molar-refractivity contribution is 5.77. The SMILES string of the molecule is CCCCC(CCC)CNC(=O)CN. The molecule has 0 aromatic heterocycles. The van der Waals surface area contributed by atoms with Gasteiger partial charge in [-0.25, -0.2) is 0 Å². The summed E-state index contributed by atoms with van der Waals surface area (Å²) in [7, 11) is 0. The topological polar surface area (TPSA) is 55.1 Å². The third-order valence-electron chi connectivity index (χ3n) is 2.44. The van der Waals surface area contributed by atoms with E-state index in [1.54, 1.807) is 0 Å². The number of nitrogens with one attached hydrogen (secondary N) is 1. The predicted octanol–water partition coefficient (Wildman–Crippen LogP) is 1.67. The van der Waals surface area contributed by atoms with Gasteiger partial charge >= 0.3 is 0 Å². The van der Waals surface area contributed by atoms with Crippen LogP contribution in [0.3, 0.4) is 0 Å². The molecule has 84 valence electrons. The number of rotatable bonds is 8. The number of hydrogen-bond donors (Lipinski definition) is 2. The molecule has 1 atom stereocenters. The number of nitrogens with two attached hydrogens (primary N) is 1. The molecule has 0 heterocycles. The van der Waals surface area contributed by atoms with Crippen LogP contribution in [-0.4, -0.2) is 19.0 Å². The molecular weight excluding hydrogens is 176 g/mol. The van der Waals surface area contributed by atoms with Gasteiger partial charge < -0.3 is 11.1 Å². The van der Waals surface area contributed by atoms with Gasteiger partial charge in [-0.05, 0) is 18.8 Å². The van der Waals surface area contributed by atoms with E-state index in [0.717, 1.165) is 6.54 Å². The molecule has 0 bridgehead atoms. The van der Waals surface area contributed by atoms with Crippen molar-refractivity contribution >= 4 is 5.91 Å². The third kappa shape index (κ3) is 6.89. The van der Waals surface area contributed by atoms with Gasteiger partial charge in [0.1, 0.15) is 0 Å². The van der Waals surface area contributed by atoms with Gasteiger partial charge in [-0.15, -0.1) is 0 Å². The Labute approximate surface area is 87.4 Å². The largest absolute Gasteiger partial charge is 0.355 e. The maximum Gasteiger partial charge on any atom is 0.233 e. The normalized spacial score (nSPS) is 12.5. The Morgan fingerprint density at radius 1 is 1.29 bits per heavy atom. The van der Waals surface area contributed by atoms with Gasteiger partial charge in [0.15, 0.2) is 0 Å². The Kier molecular flexibility index (Phi) is 8.64. The zero-order valence-electron chi connectivity index (χ0n) is 9.51. The van der Waals surface area contributed by atoms with Crippen LogP contribution in [0.5, 0.6) is 0 Å². The summed E-state index contributed by atoms with van der Waals surface area (Å²) in [6.45, 7) is 5.28. The summed E-state index contributed by atoms with van der Waals surface area (Å²) in [5.41, 5.74) is 5.22. The maximum atomic E-state index is 11.0. The molecule has 3 nitrogen and oxygen atoms in total. The monoisotopic (exact) mass is 200 g/mol. The van der Waals surface area contributed by atoms with Crippen molar-refractivity contribution in [2.24, 2.45) is 11.7 Å². The average molecular weight is 200 g/mol. The van der Waals surface area contributed by atoms with E-state index in [1.165, 1.54) is 32.1 Å². The van der Waals surface area contributed by atoms with Crippen molar-refractivity contribution < 1.29 is 4.79 Å². The predicted molar refractivity (Wildman–Crippen MR) is 60.0 cm³/mol. The van der Waals surface area contributed by atoms with Gasteiger partial charge in [0.25, 0.3) is 0 Å². The molecule has 3 heteroatoms. The molecule has 0 radical (unpaired) electrons. The molecule has 1 unspecified atom stereocenters. The number of hydrogen-bond acceptors (Lipinski definition) is 2. The summed E-state index contributed by atoms with van der Waals surface area (Å²) >= 11 is 0. The van der Waals surface area contributed by atoms with E-state index in [0.29, 0.717) is 5.92 Å². The Hall–Kier alpha value is -0.570. The lowest BCUT2D eigenvalue weighted by Gasteiger charge is -2.16. The Morgan fingerprint density at radius 3 is 2.50 bits per heavy atom. The van der Waals surface area contributed by atoms with Gasteiger partial charge in [0, 0.05) is 6.54 Å². The Bertz CT molecular complexity index is 148. The highest BCUT2D eigenvalue weighted by Crippen LogP contribution is 2.13. The summed E-state index contributed by atoms with van der Waals surface area (Å²) in [5.74, 6) is 0.595. The van der Waals surface area contributed by atoms with E-state index >= 15 is 0 Å². The van der Waals surface area contributed by atoms with Crippen LogP contribution in [-0.2, 0) is 4.79 Å². The van der Waals surface area contributed by atoms with E-state index in [-0.39, 0.29) is 12.5 Å². The fourth-order valence-corrected chi connectivity index (χ4v) is 1.58. The van der Waals surface area contributed by atoms with Crippen LogP contribution in [0.1, 0.15) is 46.0 Å². The molecule has 0 aliphatic carbocycles. The maximum absolute atomic E-state index is 11.0. The third-order valence-corrected chi connectivity index (χ3v) is 2.44. The van der Waals surface area contributed by atoms with Crippen molar-refractivity contribution in [2.75, 3.05) is 13.1 Å². The second kappa shape index (κ2) is 9.00. The average Bonchev–Trinajstić information content (AvgIpc) is 2.21. The standard InChI is InChI=1S/C11H24N2O/c1-3-5-7-10(6-4-2)9-13-11(14)8-12/h10H,3-9,12H2,1-2H3,(H,13,14). The van der Waals surface area contributed by atoms with Crippen LogP contribution in [0.2, 0.25) is 0 Å². The van der Waals surface area contributed by atoms with E-state index in [1.807, 2.05) is 0 Å². The van der Waals surface area contributed by atoms with Crippen molar-refractivity contribution in [1.82, 2.24) is 5.32 Å². The van der Waals surface area contributed by atoms with Crippen molar-refractivity contribution in [3.63, 3.8) is 0 Å². The molecule has 0 aromatic carbocycles. The summed E-state index contributed by atoms with van der Waals surface area (Å²) in [6, 6.07) is 0. The first kappa shape index (κ1) is 13.4. The molecule has 0 aliphatic heterocycles. The molecule has 0 aliphatic rings. The zero-order chi connectivity index (χ0) is 10.8. The number of carbonyl (C=O) groups is 1. The fourth-order valence-electron chi connectivity index (χ4n) is 1.58. The number of amides is 1. The summed E-state index contributed by atoms with van der Waals surface area (Å²) in [4.78, 5) is 11.0. The molecule has 14 heavy (non-hydrogen) atoms. The highest BCUT2D eigenvalue weighted by atomic mass is 16.1. The first-order valence-electron chi connectivity index (χ1n) is 5.71. The molecule has 0 fully saturated rings. The molecule has 0 spiro atoms. The first-order chi connectivity index (χ1) is 6.74. The van der Waals surface area contributed by atoms with Gasteiger partial charge in [0.2, 0.25) is 5.91 Å². The minimum absolute atomic E-state index is 0.0393. The molecule has 0 aromatic rings. The second-order valence-corrected chi connectivity index (χ2v) is 3.81. The van der Waals surface area contributed by atoms with Crippen molar-refractivity contribution in [2.45, 2.75) is 46.0 Å². The van der Waals surface area contributed by atoms with E-state index in [9.17, 15) is 4.79 Å². The second-order valence-electron chi connectivity index (χ2n) is 3.81. The first-order valence-corrected chi connectivity index (χ1v) is 5.71. The van der Waals surface area contributed by atoms with Crippen LogP contribution in [0.4, 0.5) is 0 Å². The van der Waals surface area contributed by atoms with Crippen molar-refractivity contribution in [3.8, 4) is 0 Å². The lowest BCUT2D eigenvalue weighted by molar-refractivity contribution is -0.119. The molecule has 3 N–H and O–H groups in total. The molecule has 0 rings (SSSR count). The fraction of sp³-hybridized carbons (Fsp3) is 0.909. The van der Waals surface area contributed by atoms with Crippen LogP contribution in [0.25, 0.3) is 0 Å². The number of unbranched alkanes of at least 4 members (excludes halogenated alkanes) is 1. The van der Waals surface area contributed by atoms with Gasteiger partial charge in [-0.1, -0.05) is 33.1 Å². The smallest absolute Gasteiger partial charge is 0.233 e. The summed E-state index contributed by atoms with van der Waals surface area (Å²) in [6.07, 6.45) is 6.08. The van der Waals surface area contributed by atoms with Crippen LogP contribution in [0.15, 0.2) is 0 Å². The van der Waals surface area contributed by atoms with Crippen LogP contribution >= 0.6 is 0 Å². The highest BCUT2D eigenvalue weighted by Gasteiger charge is 2.08.